The van der Waals surface area contributed by atoms with Gasteiger partial charge in [0.25, 0.3) is 0 Å². The molecule has 0 saturated carbocycles. The minimum atomic E-state index is 0.326. The van der Waals surface area contributed by atoms with Gasteiger partial charge in [0.1, 0.15) is 5.82 Å². The van der Waals surface area contributed by atoms with Crippen molar-refractivity contribution in [2.75, 3.05) is 6.54 Å². The molecule has 1 heterocycles. The van der Waals surface area contributed by atoms with Gasteiger partial charge in [0.05, 0.1) is 0 Å². The van der Waals surface area contributed by atoms with E-state index in [9.17, 15) is 0 Å². The molecule has 0 aliphatic carbocycles. The topological polar surface area (TPSA) is 29.9 Å². The Labute approximate surface area is 115 Å². The van der Waals surface area contributed by atoms with Gasteiger partial charge in [0.15, 0.2) is 0 Å². The lowest BCUT2D eigenvalue weighted by Gasteiger charge is -2.22. The van der Waals surface area contributed by atoms with E-state index in [2.05, 4.69) is 60.9 Å². The van der Waals surface area contributed by atoms with Gasteiger partial charge in [-0.1, -0.05) is 25.1 Å². The first-order valence-electron chi connectivity index (χ1n) is 6.89. The van der Waals surface area contributed by atoms with E-state index in [4.69, 9.17) is 0 Å². The van der Waals surface area contributed by atoms with Gasteiger partial charge in [0.2, 0.25) is 0 Å². The number of aryl methyl sites for hydroxylation is 3. The van der Waals surface area contributed by atoms with Crippen LogP contribution in [0.5, 0.6) is 0 Å². The highest BCUT2D eigenvalue weighted by molar-refractivity contribution is 5.36. The van der Waals surface area contributed by atoms with Crippen molar-refractivity contribution in [3.05, 3.63) is 53.1 Å². The summed E-state index contributed by atoms with van der Waals surface area (Å²) in [7, 11) is 2.05. The molecular formula is C16H23N3. The molecule has 0 radical (unpaired) electrons. The zero-order valence-corrected chi connectivity index (χ0v) is 12.3. The number of nitrogens with zero attached hydrogens (tertiary/aromatic N) is 2. The standard InChI is InChI=1S/C16H23N3/c1-5-17-14(11-15-18-9-10-19(15)4)16-12(2)7-6-8-13(16)3/h6-10,14,17H,5,11H2,1-4H3. The van der Waals surface area contributed by atoms with Crippen molar-refractivity contribution in [2.45, 2.75) is 33.2 Å². The van der Waals surface area contributed by atoms with Crippen LogP contribution in [-0.2, 0) is 13.5 Å². The molecule has 0 bridgehead atoms. The van der Waals surface area contributed by atoms with E-state index >= 15 is 0 Å². The number of hydrogen-bond acceptors (Lipinski definition) is 2. The molecule has 1 N–H and O–H groups in total. The second-order valence-electron chi connectivity index (χ2n) is 5.07. The Hall–Kier alpha value is -1.61. The summed E-state index contributed by atoms with van der Waals surface area (Å²) in [6.07, 6.45) is 4.79. The lowest BCUT2D eigenvalue weighted by molar-refractivity contribution is 0.524. The van der Waals surface area contributed by atoms with Crippen LogP contribution in [0.1, 0.15) is 35.5 Å². The molecule has 0 aliphatic heterocycles. The van der Waals surface area contributed by atoms with E-state index in [0.29, 0.717) is 6.04 Å². The third-order valence-electron chi connectivity index (χ3n) is 3.65. The zero-order chi connectivity index (χ0) is 13.8. The Kier molecular flexibility index (Phi) is 4.38. The number of likely N-dealkylation sites (N-methyl/N-ethyl adjacent to an activating group) is 1. The van der Waals surface area contributed by atoms with Crippen molar-refractivity contribution in [3.8, 4) is 0 Å². The maximum absolute atomic E-state index is 4.45. The lowest BCUT2D eigenvalue weighted by Crippen LogP contribution is -2.25. The number of hydrogen-bond donors (Lipinski definition) is 1. The van der Waals surface area contributed by atoms with Gasteiger partial charge in [-0.3, -0.25) is 0 Å². The van der Waals surface area contributed by atoms with Gasteiger partial charge in [-0.05, 0) is 37.1 Å². The summed E-state index contributed by atoms with van der Waals surface area (Å²) in [6, 6.07) is 6.82. The normalized spacial score (nSPS) is 12.6. The molecule has 0 spiro atoms. The largest absolute Gasteiger partial charge is 0.338 e. The molecule has 0 saturated heterocycles. The van der Waals surface area contributed by atoms with Crippen LogP contribution < -0.4 is 5.32 Å². The summed E-state index contributed by atoms with van der Waals surface area (Å²) in [5, 5.41) is 3.59. The van der Waals surface area contributed by atoms with Crippen LogP contribution in [0, 0.1) is 13.8 Å². The van der Waals surface area contributed by atoms with E-state index in [1.165, 1.54) is 16.7 Å². The van der Waals surface area contributed by atoms with Gasteiger partial charge in [0, 0.05) is 31.9 Å². The fraction of sp³-hybridized carbons (Fsp3) is 0.438. The van der Waals surface area contributed by atoms with Crippen LogP contribution in [0.15, 0.2) is 30.6 Å². The van der Waals surface area contributed by atoms with Crippen molar-refractivity contribution < 1.29 is 0 Å². The number of nitrogens with one attached hydrogen (secondary N) is 1. The number of rotatable bonds is 5. The van der Waals surface area contributed by atoms with Gasteiger partial charge in [-0.25, -0.2) is 4.98 Å². The average molecular weight is 257 g/mol. The first-order chi connectivity index (χ1) is 9.13. The summed E-state index contributed by atoms with van der Waals surface area (Å²) < 4.78 is 2.10. The van der Waals surface area contributed by atoms with Crippen LogP contribution in [-0.4, -0.2) is 16.1 Å². The Morgan fingerprint density at radius 3 is 2.47 bits per heavy atom. The van der Waals surface area contributed by atoms with Crippen molar-refractivity contribution in [2.24, 2.45) is 7.05 Å². The van der Waals surface area contributed by atoms with Gasteiger partial charge >= 0.3 is 0 Å². The summed E-state index contributed by atoms with van der Waals surface area (Å²) in [5.41, 5.74) is 4.10. The maximum atomic E-state index is 4.45. The Bertz CT molecular complexity index is 522. The van der Waals surface area contributed by atoms with Crippen molar-refractivity contribution >= 4 is 0 Å². The first kappa shape index (κ1) is 13.8. The monoisotopic (exact) mass is 257 g/mol. The van der Waals surface area contributed by atoms with Gasteiger partial charge < -0.3 is 9.88 Å². The van der Waals surface area contributed by atoms with Crippen LogP contribution in [0.25, 0.3) is 0 Å². The SMILES string of the molecule is CCNC(Cc1nccn1C)c1c(C)cccc1C. The average Bonchev–Trinajstić information content (AvgIpc) is 2.75. The van der Waals surface area contributed by atoms with Crippen molar-refractivity contribution in [1.82, 2.24) is 14.9 Å². The molecule has 1 atom stereocenters. The second-order valence-corrected chi connectivity index (χ2v) is 5.07. The molecule has 102 valence electrons. The van der Waals surface area contributed by atoms with Crippen LogP contribution in [0.3, 0.4) is 0 Å². The Balaban J connectivity index is 2.32. The minimum Gasteiger partial charge on any atom is -0.338 e. The molecule has 3 heteroatoms. The third-order valence-corrected chi connectivity index (χ3v) is 3.65. The maximum Gasteiger partial charge on any atom is 0.110 e. The highest BCUT2D eigenvalue weighted by Crippen LogP contribution is 2.24. The van der Waals surface area contributed by atoms with E-state index in [1.807, 2.05) is 12.4 Å². The molecule has 1 unspecified atom stereocenters. The molecule has 2 aromatic rings. The molecule has 1 aromatic heterocycles. The fourth-order valence-electron chi connectivity index (χ4n) is 2.68. The molecule has 0 amide bonds. The predicted octanol–water partition coefficient (Wildman–Crippen LogP) is 2.93. The van der Waals surface area contributed by atoms with E-state index < -0.39 is 0 Å². The van der Waals surface area contributed by atoms with Crippen LogP contribution in [0.4, 0.5) is 0 Å². The highest BCUT2D eigenvalue weighted by Gasteiger charge is 2.17. The van der Waals surface area contributed by atoms with Crippen LogP contribution in [0.2, 0.25) is 0 Å². The number of aromatic nitrogens is 2. The molecular weight excluding hydrogens is 234 g/mol. The van der Waals surface area contributed by atoms with E-state index in [1.54, 1.807) is 0 Å². The molecule has 1 aromatic carbocycles. The molecule has 0 fully saturated rings. The summed E-state index contributed by atoms with van der Waals surface area (Å²) in [5.74, 6) is 1.12. The highest BCUT2D eigenvalue weighted by atomic mass is 15.0. The lowest BCUT2D eigenvalue weighted by atomic mass is 9.94. The Morgan fingerprint density at radius 2 is 1.95 bits per heavy atom. The third kappa shape index (κ3) is 3.04. The Morgan fingerprint density at radius 1 is 1.26 bits per heavy atom. The van der Waals surface area contributed by atoms with Gasteiger partial charge in [-0.2, -0.15) is 0 Å². The van der Waals surface area contributed by atoms with Gasteiger partial charge in [-0.15, -0.1) is 0 Å². The fourth-order valence-corrected chi connectivity index (χ4v) is 2.68. The quantitative estimate of drug-likeness (QED) is 0.892. The van der Waals surface area contributed by atoms with E-state index in [0.717, 1.165) is 18.8 Å². The van der Waals surface area contributed by atoms with Crippen molar-refractivity contribution in [1.29, 1.82) is 0 Å². The smallest absolute Gasteiger partial charge is 0.110 e. The zero-order valence-electron chi connectivity index (χ0n) is 12.3. The van der Waals surface area contributed by atoms with E-state index in [-0.39, 0.29) is 0 Å². The first-order valence-corrected chi connectivity index (χ1v) is 6.89. The van der Waals surface area contributed by atoms with Crippen molar-refractivity contribution in [3.63, 3.8) is 0 Å². The summed E-state index contributed by atoms with van der Waals surface area (Å²) in [6.45, 7) is 7.48. The molecule has 0 aliphatic rings. The second kappa shape index (κ2) is 6.02. The summed E-state index contributed by atoms with van der Waals surface area (Å²) in [4.78, 5) is 4.45. The molecule has 19 heavy (non-hydrogen) atoms. The van der Waals surface area contributed by atoms with Crippen LogP contribution >= 0.6 is 0 Å². The summed E-state index contributed by atoms with van der Waals surface area (Å²) >= 11 is 0. The molecule has 2 rings (SSSR count). The molecule has 3 nitrogen and oxygen atoms in total. The number of benzene rings is 1. The number of imidazole rings is 1. The predicted molar refractivity (Wildman–Crippen MR) is 79.2 cm³/mol. The minimum absolute atomic E-state index is 0.326.